The van der Waals surface area contributed by atoms with Crippen LogP contribution in [-0.4, -0.2) is 24.3 Å². The number of carbonyl (C=O) groups is 1. The van der Waals surface area contributed by atoms with Crippen molar-refractivity contribution in [1.29, 1.82) is 0 Å². The average molecular weight is 272 g/mol. The number of esters is 1. The molecule has 0 aliphatic carbocycles. The first kappa shape index (κ1) is 14.1. The highest BCUT2D eigenvalue weighted by molar-refractivity contribution is 5.89. The van der Waals surface area contributed by atoms with Gasteiger partial charge in [-0.2, -0.15) is 0 Å². The summed E-state index contributed by atoms with van der Waals surface area (Å²) < 4.78 is 10.4. The van der Waals surface area contributed by atoms with E-state index in [1.165, 1.54) is 0 Å². The fraction of sp³-hybridized carbons (Fsp3) is 0.188. The van der Waals surface area contributed by atoms with Gasteiger partial charge in [0.05, 0.1) is 12.2 Å². The molecule has 0 spiro atoms. The highest BCUT2D eigenvalue weighted by atomic mass is 16.5. The molecule has 0 saturated heterocycles. The van der Waals surface area contributed by atoms with Gasteiger partial charge in [-0.1, -0.05) is 30.3 Å². The Labute approximate surface area is 117 Å². The van der Waals surface area contributed by atoms with Gasteiger partial charge in [-0.15, -0.1) is 0 Å². The smallest absolute Gasteiger partial charge is 0.338 e. The van der Waals surface area contributed by atoms with Crippen molar-refractivity contribution in [3.8, 4) is 5.75 Å². The zero-order valence-corrected chi connectivity index (χ0v) is 11.0. The summed E-state index contributed by atoms with van der Waals surface area (Å²) in [6.07, 6.45) is 0. The zero-order valence-electron chi connectivity index (χ0n) is 11.0. The van der Waals surface area contributed by atoms with Gasteiger partial charge in [0.15, 0.2) is 0 Å². The van der Waals surface area contributed by atoms with Crippen molar-refractivity contribution in [1.82, 2.24) is 0 Å². The van der Waals surface area contributed by atoms with Gasteiger partial charge < -0.3 is 14.6 Å². The number of benzene rings is 2. The molecule has 0 saturated carbocycles. The van der Waals surface area contributed by atoms with E-state index in [1.54, 1.807) is 24.3 Å². The van der Waals surface area contributed by atoms with E-state index >= 15 is 0 Å². The molecule has 0 aliphatic rings. The van der Waals surface area contributed by atoms with Gasteiger partial charge in [0.2, 0.25) is 0 Å². The first-order valence-electron chi connectivity index (χ1n) is 6.34. The molecule has 1 N–H and O–H groups in total. The number of ether oxygens (including phenoxy) is 2. The Kier molecular flexibility index (Phi) is 5.15. The summed E-state index contributed by atoms with van der Waals surface area (Å²) in [6, 6.07) is 16.6. The second kappa shape index (κ2) is 7.31. The number of aliphatic hydroxyl groups is 1. The number of rotatable bonds is 6. The summed E-state index contributed by atoms with van der Waals surface area (Å²) in [6.45, 7) is 0.310. The molecule has 0 amide bonds. The second-order valence-electron chi connectivity index (χ2n) is 4.16. The van der Waals surface area contributed by atoms with E-state index in [0.29, 0.717) is 17.9 Å². The summed E-state index contributed by atoms with van der Waals surface area (Å²) >= 11 is 0. The molecule has 0 aliphatic heterocycles. The molecule has 0 aromatic heterocycles. The summed E-state index contributed by atoms with van der Waals surface area (Å²) in [4.78, 5) is 11.5. The van der Waals surface area contributed by atoms with E-state index in [1.807, 2.05) is 30.3 Å². The largest absolute Gasteiger partial charge is 0.489 e. The third-order valence-corrected chi connectivity index (χ3v) is 2.66. The Morgan fingerprint density at radius 3 is 2.35 bits per heavy atom. The quantitative estimate of drug-likeness (QED) is 0.820. The minimum atomic E-state index is -0.450. The first-order chi connectivity index (χ1) is 9.79. The Morgan fingerprint density at radius 2 is 1.70 bits per heavy atom. The van der Waals surface area contributed by atoms with Gasteiger partial charge >= 0.3 is 5.97 Å². The summed E-state index contributed by atoms with van der Waals surface area (Å²) in [5, 5.41) is 8.59. The fourth-order valence-electron chi connectivity index (χ4n) is 1.65. The molecule has 20 heavy (non-hydrogen) atoms. The van der Waals surface area contributed by atoms with E-state index in [-0.39, 0.29) is 13.2 Å². The van der Waals surface area contributed by atoms with E-state index in [9.17, 15) is 4.79 Å². The topological polar surface area (TPSA) is 55.8 Å². The number of hydrogen-bond acceptors (Lipinski definition) is 4. The van der Waals surface area contributed by atoms with Crippen LogP contribution < -0.4 is 4.74 Å². The van der Waals surface area contributed by atoms with Crippen molar-refractivity contribution in [2.24, 2.45) is 0 Å². The van der Waals surface area contributed by atoms with Crippen molar-refractivity contribution in [2.45, 2.75) is 6.61 Å². The predicted molar refractivity (Wildman–Crippen MR) is 74.6 cm³/mol. The van der Waals surface area contributed by atoms with Gasteiger partial charge in [-0.25, -0.2) is 4.79 Å². The van der Waals surface area contributed by atoms with Crippen LogP contribution in [0.25, 0.3) is 0 Å². The van der Waals surface area contributed by atoms with E-state index in [4.69, 9.17) is 14.6 Å². The third-order valence-electron chi connectivity index (χ3n) is 2.66. The lowest BCUT2D eigenvalue weighted by Gasteiger charge is -2.07. The monoisotopic (exact) mass is 272 g/mol. The molecule has 2 aromatic rings. The molecule has 2 aromatic carbocycles. The Hall–Kier alpha value is -2.33. The van der Waals surface area contributed by atoms with E-state index in [0.717, 1.165) is 5.56 Å². The normalized spacial score (nSPS) is 10.1. The van der Waals surface area contributed by atoms with Crippen LogP contribution in [0.2, 0.25) is 0 Å². The summed E-state index contributed by atoms with van der Waals surface area (Å²) in [5.41, 5.74) is 1.52. The molecule has 104 valence electrons. The second-order valence-corrected chi connectivity index (χ2v) is 4.16. The minimum absolute atomic E-state index is 0.00505. The van der Waals surface area contributed by atoms with Gasteiger partial charge in [-0.3, -0.25) is 0 Å². The molecule has 0 fully saturated rings. The lowest BCUT2D eigenvalue weighted by atomic mass is 10.2. The van der Waals surface area contributed by atoms with Crippen LogP contribution in [-0.2, 0) is 11.3 Å². The van der Waals surface area contributed by atoms with Crippen LogP contribution in [0, 0.1) is 0 Å². The fourth-order valence-corrected chi connectivity index (χ4v) is 1.65. The Morgan fingerprint density at radius 1 is 1.00 bits per heavy atom. The van der Waals surface area contributed by atoms with E-state index < -0.39 is 5.97 Å². The van der Waals surface area contributed by atoms with Crippen LogP contribution in [0.1, 0.15) is 15.9 Å². The maximum atomic E-state index is 11.5. The van der Waals surface area contributed by atoms with Crippen molar-refractivity contribution >= 4 is 5.97 Å². The first-order valence-corrected chi connectivity index (χ1v) is 6.34. The molecule has 4 heteroatoms. The molecule has 0 heterocycles. The Bertz CT molecular complexity index is 534. The van der Waals surface area contributed by atoms with Crippen molar-refractivity contribution in [3.05, 3.63) is 65.7 Å². The predicted octanol–water partition coefficient (Wildman–Crippen LogP) is 2.41. The lowest BCUT2D eigenvalue weighted by Crippen LogP contribution is -2.08. The number of carbonyl (C=O) groups excluding carboxylic acids is 1. The zero-order chi connectivity index (χ0) is 14.2. The molecule has 0 unspecified atom stereocenters. The van der Waals surface area contributed by atoms with E-state index in [2.05, 4.69) is 0 Å². The maximum absolute atomic E-state index is 11.5. The number of hydrogen-bond donors (Lipinski definition) is 1. The molecule has 2 rings (SSSR count). The van der Waals surface area contributed by atoms with Gasteiger partial charge in [0.25, 0.3) is 0 Å². The summed E-state index contributed by atoms with van der Waals surface area (Å²) in [7, 11) is 0. The van der Waals surface area contributed by atoms with Gasteiger partial charge in [-0.05, 0) is 29.8 Å². The van der Waals surface area contributed by atoms with Crippen LogP contribution in [0.5, 0.6) is 5.75 Å². The number of aliphatic hydroxyl groups excluding tert-OH is 1. The highest BCUT2D eigenvalue weighted by Gasteiger charge is 2.06. The molecule has 4 nitrogen and oxygen atoms in total. The molecule has 0 radical (unpaired) electrons. The highest BCUT2D eigenvalue weighted by Crippen LogP contribution is 2.14. The van der Waals surface area contributed by atoms with Gasteiger partial charge in [0.1, 0.15) is 19.0 Å². The summed E-state index contributed by atoms with van der Waals surface area (Å²) in [5.74, 6) is 0.237. The van der Waals surface area contributed by atoms with Crippen molar-refractivity contribution in [2.75, 3.05) is 13.2 Å². The van der Waals surface area contributed by atoms with Crippen LogP contribution in [0.4, 0.5) is 0 Å². The van der Waals surface area contributed by atoms with Crippen molar-refractivity contribution < 1.29 is 19.4 Å². The molecule has 0 bridgehead atoms. The van der Waals surface area contributed by atoms with Crippen LogP contribution in [0.15, 0.2) is 54.6 Å². The minimum Gasteiger partial charge on any atom is -0.489 e. The van der Waals surface area contributed by atoms with Crippen LogP contribution in [0.3, 0.4) is 0 Å². The molecular formula is C16H16O4. The van der Waals surface area contributed by atoms with Crippen molar-refractivity contribution in [3.63, 3.8) is 0 Å². The average Bonchev–Trinajstić information content (AvgIpc) is 2.52. The molecular weight excluding hydrogens is 256 g/mol. The van der Waals surface area contributed by atoms with Crippen LogP contribution >= 0.6 is 0 Å². The lowest BCUT2D eigenvalue weighted by molar-refractivity contribution is 0.0433. The Balaban J connectivity index is 1.90. The maximum Gasteiger partial charge on any atom is 0.338 e. The SMILES string of the molecule is O=C(OCCO)c1ccc(OCc2ccccc2)cc1. The van der Waals surface area contributed by atoms with Gasteiger partial charge in [0, 0.05) is 0 Å². The standard InChI is InChI=1S/C16H16O4/c17-10-11-19-16(18)14-6-8-15(9-7-14)20-12-13-4-2-1-3-5-13/h1-9,17H,10-12H2. The third kappa shape index (κ3) is 4.10. The molecule has 0 atom stereocenters.